The minimum Gasteiger partial charge on any atom is -0.461 e. The summed E-state index contributed by atoms with van der Waals surface area (Å²) in [7, 11) is 0. The number of nitrogens with zero attached hydrogens (tertiary/aromatic N) is 5. The zero-order valence-electron chi connectivity index (χ0n) is 11.2. The number of hydrogen-bond donors (Lipinski definition) is 1. The maximum Gasteiger partial charge on any atom is 0.361 e. The van der Waals surface area contributed by atoms with Crippen LogP contribution in [0.5, 0.6) is 0 Å². The molecule has 0 atom stereocenters. The van der Waals surface area contributed by atoms with Crippen LogP contribution in [0.1, 0.15) is 17.4 Å². The average Bonchev–Trinajstić information content (AvgIpc) is 3.17. The van der Waals surface area contributed by atoms with Gasteiger partial charge >= 0.3 is 5.97 Å². The molecule has 0 amide bonds. The molecule has 0 saturated carbocycles. The molecule has 2 N–H and O–H groups in total. The lowest BCUT2D eigenvalue weighted by Gasteiger charge is -2.03. The molecule has 0 unspecified atom stereocenters. The van der Waals surface area contributed by atoms with Gasteiger partial charge in [-0.3, -0.25) is 0 Å². The van der Waals surface area contributed by atoms with Gasteiger partial charge in [0.2, 0.25) is 11.6 Å². The number of hydrogen-bond acceptors (Lipinski definition) is 9. The number of nitrogen functional groups attached to an aromatic ring is 1. The van der Waals surface area contributed by atoms with E-state index in [4.69, 9.17) is 22.1 Å². The fourth-order valence-electron chi connectivity index (χ4n) is 1.77. The molecule has 0 aliphatic rings. The topological polar surface area (TPSA) is 122 Å². The molecule has 0 fully saturated rings. The minimum absolute atomic E-state index is 0.0178. The maximum absolute atomic E-state index is 12.1. The molecule has 3 aromatic rings. The van der Waals surface area contributed by atoms with Crippen molar-refractivity contribution in [3.8, 4) is 16.4 Å². The van der Waals surface area contributed by atoms with Crippen molar-refractivity contribution in [2.45, 2.75) is 6.92 Å². The quantitative estimate of drug-likeness (QED) is 0.713. The van der Waals surface area contributed by atoms with Crippen molar-refractivity contribution in [3.63, 3.8) is 0 Å². The summed E-state index contributed by atoms with van der Waals surface area (Å²) in [5.74, 6) is -0.463. The van der Waals surface area contributed by atoms with Gasteiger partial charge in [-0.15, -0.1) is 16.4 Å². The number of anilines is 1. The number of halogens is 1. The highest BCUT2D eigenvalue weighted by atomic mass is 35.5. The van der Waals surface area contributed by atoms with Gasteiger partial charge in [-0.2, -0.15) is 4.68 Å². The average molecular weight is 341 g/mol. The lowest BCUT2D eigenvalue weighted by Crippen LogP contribution is -2.08. The molecule has 0 aliphatic heterocycles. The van der Waals surface area contributed by atoms with Crippen LogP contribution in [0.25, 0.3) is 16.4 Å². The van der Waals surface area contributed by atoms with E-state index < -0.39 is 5.97 Å². The summed E-state index contributed by atoms with van der Waals surface area (Å²) in [5, 5.41) is 14.9. The van der Waals surface area contributed by atoms with Crippen LogP contribution in [0.3, 0.4) is 0 Å². The first kappa shape index (κ1) is 14.5. The van der Waals surface area contributed by atoms with Gasteiger partial charge in [-0.05, 0) is 29.4 Å². The number of aromatic nitrogens is 5. The van der Waals surface area contributed by atoms with E-state index in [1.165, 1.54) is 16.0 Å². The molecule has 0 saturated heterocycles. The summed E-state index contributed by atoms with van der Waals surface area (Å²) in [5.41, 5.74) is 6.06. The van der Waals surface area contributed by atoms with Gasteiger partial charge in [0, 0.05) is 0 Å². The van der Waals surface area contributed by atoms with E-state index in [1.54, 1.807) is 19.1 Å². The van der Waals surface area contributed by atoms with Crippen molar-refractivity contribution < 1.29 is 14.2 Å². The smallest absolute Gasteiger partial charge is 0.361 e. The SMILES string of the molecule is CCOC(=O)c1nnn(-c2nonc2N)c1-c1ccc(Cl)s1. The third kappa shape index (κ3) is 2.42. The Kier molecular flexibility index (Phi) is 3.77. The van der Waals surface area contributed by atoms with Crippen molar-refractivity contribution in [2.75, 3.05) is 12.3 Å². The molecular weight excluding hydrogens is 332 g/mol. The second-order valence-corrected chi connectivity index (χ2v) is 5.71. The van der Waals surface area contributed by atoms with Gasteiger partial charge < -0.3 is 10.5 Å². The fourth-order valence-corrected chi connectivity index (χ4v) is 2.84. The van der Waals surface area contributed by atoms with Crippen molar-refractivity contribution in [1.29, 1.82) is 0 Å². The second kappa shape index (κ2) is 5.73. The number of carbonyl (C=O) groups is 1. The van der Waals surface area contributed by atoms with E-state index in [0.717, 1.165) is 0 Å². The zero-order chi connectivity index (χ0) is 15.7. The van der Waals surface area contributed by atoms with Crippen molar-refractivity contribution in [3.05, 3.63) is 22.2 Å². The second-order valence-electron chi connectivity index (χ2n) is 4.00. The number of ether oxygens (including phenoxy) is 1. The number of nitrogens with two attached hydrogens (primary N) is 1. The van der Waals surface area contributed by atoms with Gasteiger partial charge in [-0.1, -0.05) is 16.8 Å². The lowest BCUT2D eigenvalue weighted by molar-refractivity contribution is 0.0520. The van der Waals surface area contributed by atoms with Crippen molar-refractivity contribution in [2.24, 2.45) is 0 Å². The van der Waals surface area contributed by atoms with Gasteiger partial charge in [0.25, 0.3) is 0 Å². The molecular formula is C11H9ClN6O3S. The van der Waals surface area contributed by atoms with Gasteiger partial charge in [-0.25, -0.2) is 9.42 Å². The number of rotatable bonds is 4. The molecule has 3 heterocycles. The predicted octanol–water partition coefficient (Wildman–Crippen LogP) is 1.79. The summed E-state index contributed by atoms with van der Waals surface area (Å²) >= 11 is 7.21. The highest BCUT2D eigenvalue weighted by Gasteiger charge is 2.26. The van der Waals surface area contributed by atoms with Gasteiger partial charge in [0.05, 0.1) is 15.8 Å². The molecule has 3 aromatic heterocycles. The summed E-state index contributed by atoms with van der Waals surface area (Å²) in [4.78, 5) is 12.7. The summed E-state index contributed by atoms with van der Waals surface area (Å²) in [6, 6.07) is 3.42. The Morgan fingerprint density at radius 1 is 1.50 bits per heavy atom. The minimum atomic E-state index is -0.608. The predicted molar refractivity (Wildman–Crippen MR) is 77.9 cm³/mol. The highest BCUT2D eigenvalue weighted by molar-refractivity contribution is 7.19. The number of thiophene rings is 1. The Balaban J connectivity index is 2.19. The summed E-state index contributed by atoms with van der Waals surface area (Å²) in [6.45, 7) is 1.91. The van der Waals surface area contributed by atoms with Crippen LogP contribution in [-0.4, -0.2) is 37.9 Å². The molecule has 3 rings (SSSR count). The summed E-state index contributed by atoms with van der Waals surface area (Å²) in [6.07, 6.45) is 0. The number of esters is 1. The molecule has 0 spiro atoms. The van der Waals surface area contributed by atoms with E-state index in [9.17, 15) is 4.79 Å². The fraction of sp³-hybridized carbons (Fsp3) is 0.182. The normalized spacial score (nSPS) is 10.8. The molecule has 0 aromatic carbocycles. The Morgan fingerprint density at radius 3 is 2.91 bits per heavy atom. The van der Waals surface area contributed by atoms with E-state index in [2.05, 4.69) is 25.3 Å². The third-order valence-corrected chi connectivity index (χ3v) is 3.88. The molecule has 0 aliphatic carbocycles. The van der Waals surface area contributed by atoms with E-state index in [-0.39, 0.29) is 23.9 Å². The first-order valence-electron chi connectivity index (χ1n) is 6.08. The summed E-state index contributed by atoms with van der Waals surface area (Å²) < 4.78 is 11.4. The van der Waals surface area contributed by atoms with Crippen LogP contribution in [-0.2, 0) is 4.74 Å². The Morgan fingerprint density at radius 2 is 2.32 bits per heavy atom. The van der Waals surface area contributed by atoms with E-state index in [0.29, 0.717) is 14.9 Å². The Hall–Kier alpha value is -2.46. The molecule has 22 heavy (non-hydrogen) atoms. The largest absolute Gasteiger partial charge is 0.461 e. The number of carbonyl (C=O) groups excluding carboxylic acids is 1. The molecule has 11 heteroatoms. The Bertz CT molecular complexity index is 826. The standard InChI is InChI=1S/C11H9ClN6O3S/c1-2-20-11(19)7-8(5-3-4-6(12)22-5)18(17-14-7)10-9(13)15-21-16-10/h3-4H,2H2,1H3,(H2,13,15). The maximum atomic E-state index is 12.1. The zero-order valence-corrected chi connectivity index (χ0v) is 12.8. The highest BCUT2D eigenvalue weighted by Crippen LogP contribution is 2.34. The lowest BCUT2D eigenvalue weighted by atomic mass is 10.2. The Labute approximate surface area is 132 Å². The van der Waals surface area contributed by atoms with Crippen LogP contribution >= 0.6 is 22.9 Å². The molecule has 0 radical (unpaired) electrons. The van der Waals surface area contributed by atoms with Crippen LogP contribution in [0, 0.1) is 0 Å². The van der Waals surface area contributed by atoms with Crippen LogP contribution in [0.2, 0.25) is 4.34 Å². The van der Waals surface area contributed by atoms with Crippen molar-refractivity contribution >= 4 is 34.7 Å². The third-order valence-electron chi connectivity index (χ3n) is 2.64. The first-order chi connectivity index (χ1) is 10.6. The van der Waals surface area contributed by atoms with Crippen LogP contribution in [0.4, 0.5) is 5.82 Å². The van der Waals surface area contributed by atoms with Gasteiger partial charge in [0.15, 0.2) is 5.69 Å². The molecule has 9 nitrogen and oxygen atoms in total. The monoisotopic (exact) mass is 340 g/mol. The van der Waals surface area contributed by atoms with E-state index in [1.807, 2.05) is 0 Å². The van der Waals surface area contributed by atoms with E-state index >= 15 is 0 Å². The van der Waals surface area contributed by atoms with Crippen LogP contribution < -0.4 is 5.73 Å². The molecule has 0 bridgehead atoms. The first-order valence-corrected chi connectivity index (χ1v) is 7.28. The molecule has 114 valence electrons. The van der Waals surface area contributed by atoms with Crippen molar-refractivity contribution in [1.82, 2.24) is 25.3 Å². The van der Waals surface area contributed by atoms with Crippen LogP contribution in [0.15, 0.2) is 16.8 Å². The van der Waals surface area contributed by atoms with Gasteiger partial charge in [0.1, 0.15) is 5.69 Å².